The lowest BCUT2D eigenvalue weighted by atomic mass is 10.2. The Labute approximate surface area is 144 Å². The number of rotatable bonds is 5. The van der Waals surface area contributed by atoms with Gasteiger partial charge in [-0.25, -0.2) is 0 Å². The summed E-state index contributed by atoms with van der Waals surface area (Å²) in [5, 5.41) is 19.2. The molecule has 0 radical (unpaired) electrons. The number of anilines is 1. The average molecular weight is 453 g/mol. The molecule has 1 heterocycles. The lowest BCUT2D eigenvalue weighted by Gasteiger charge is -2.04. The number of carboxylic acid groups (broad SMARTS) is 1. The van der Waals surface area contributed by atoms with Crippen LogP contribution in [-0.4, -0.2) is 32.9 Å². The Balaban J connectivity index is 2.06. The summed E-state index contributed by atoms with van der Waals surface area (Å²) in [6.07, 6.45) is 0. The molecule has 1 amide bonds. The van der Waals surface area contributed by atoms with E-state index >= 15 is 0 Å². The van der Waals surface area contributed by atoms with E-state index in [-0.39, 0.29) is 11.7 Å². The molecule has 10 heteroatoms. The fourth-order valence-corrected chi connectivity index (χ4v) is 3.53. The second-order valence-electron chi connectivity index (χ2n) is 3.63. The maximum Gasteiger partial charge on any atom is 0.313 e. The van der Waals surface area contributed by atoms with Gasteiger partial charge in [-0.3, -0.25) is 14.9 Å². The molecule has 0 unspecified atom stereocenters. The predicted octanol–water partition coefficient (Wildman–Crippen LogP) is 3.49. The third-order valence-corrected chi connectivity index (χ3v) is 5.26. The molecule has 2 aromatic rings. The lowest BCUT2D eigenvalue weighted by Crippen LogP contribution is -2.12. The first-order valence-corrected chi connectivity index (χ1v) is 8.79. The molecule has 21 heavy (non-hydrogen) atoms. The predicted molar refractivity (Wildman–Crippen MR) is 88.1 cm³/mol. The van der Waals surface area contributed by atoms with Gasteiger partial charge in [0.15, 0.2) is 4.34 Å². The van der Waals surface area contributed by atoms with Gasteiger partial charge in [0.1, 0.15) is 0 Å². The summed E-state index contributed by atoms with van der Waals surface area (Å²) in [6.45, 7) is 0. The molecule has 110 valence electrons. The van der Waals surface area contributed by atoms with Gasteiger partial charge >= 0.3 is 5.97 Å². The van der Waals surface area contributed by atoms with Gasteiger partial charge in [0, 0.05) is 8.95 Å². The number of aliphatic carboxylic acids is 1. The highest BCUT2D eigenvalue weighted by Crippen LogP contribution is 2.27. The van der Waals surface area contributed by atoms with Gasteiger partial charge in [-0.05, 0) is 34.1 Å². The summed E-state index contributed by atoms with van der Waals surface area (Å²) in [5.41, 5.74) is 0.458. The molecule has 2 rings (SSSR count). The van der Waals surface area contributed by atoms with Crippen molar-refractivity contribution < 1.29 is 14.7 Å². The average Bonchev–Trinajstić information content (AvgIpc) is 2.86. The van der Waals surface area contributed by atoms with Crippen LogP contribution >= 0.6 is 55.0 Å². The number of nitrogens with one attached hydrogen (secondary N) is 1. The van der Waals surface area contributed by atoms with E-state index in [1.165, 1.54) is 0 Å². The van der Waals surface area contributed by atoms with Gasteiger partial charge in [0.25, 0.3) is 5.91 Å². The van der Waals surface area contributed by atoms with Crippen LogP contribution < -0.4 is 5.32 Å². The molecule has 0 saturated heterocycles. The Morgan fingerprint density at radius 2 is 2.10 bits per heavy atom. The molecule has 1 aromatic carbocycles. The van der Waals surface area contributed by atoms with Gasteiger partial charge in [-0.15, -0.1) is 10.2 Å². The molecule has 0 spiro atoms. The number of carbonyl (C=O) groups excluding carboxylic acids is 1. The zero-order chi connectivity index (χ0) is 15.4. The van der Waals surface area contributed by atoms with Gasteiger partial charge in [0.05, 0.1) is 11.3 Å². The van der Waals surface area contributed by atoms with Gasteiger partial charge in [0.2, 0.25) is 5.13 Å². The smallest absolute Gasteiger partial charge is 0.313 e. The molecular formula is C11H7Br2N3O3S2. The number of carboxylic acids is 1. The van der Waals surface area contributed by atoms with E-state index in [1.807, 2.05) is 6.07 Å². The number of halogens is 2. The molecule has 0 atom stereocenters. The molecule has 6 nitrogen and oxygen atoms in total. The van der Waals surface area contributed by atoms with Crippen LogP contribution in [0.5, 0.6) is 0 Å². The number of aromatic nitrogens is 2. The van der Waals surface area contributed by atoms with E-state index < -0.39 is 5.97 Å². The summed E-state index contributed by atoms with van der Waals surface area (Å²) < 4.78 is 1.93. The van der Waals surface area contributed by atoms with Crippen LogP contribution in [0.2, 0.25) is 0 Å². The number of nitrogens with zero attached hydrogens (tertiary/aromatic N) is 2. The fourth-order valence-electron chi connectivity index (χ4n) is 1.28. The minimum absolute atomic E-state index is 0.0975. The minimum atomic E-state index is -0.932. The van der Waals surface area contributed by atoms with Crippen LogP contribution in [0.25, 0.3) is 0 Å². The number of hydrogen-bond donors (Lipinski definition) is 2. The molecule has 0 aliphatic rings. The van der Waals surface area contributed by atoms with Crippen molar-refractivity contribution in [2.45, 2.75) is 4.34 Å². The third-order valence-electron chi connectivity index (χ3n) is 2.12. The Morgan fingerprint density at radius 3 is 2.81 bits per heavy atom. The van der Waals surface area contributed by atoms with E-state index in [0.29, 0.717) is 19.5 Å². The number of carbonyl (C=O) groups is 2. The maximum atomic E-state index is 12.1. The highest BCUT2D eigenvalue weighted by atomic mass is 79.9. The molecule has 0 aliphatic carbocycles. The molecule has 0 bridgehead atoms. The van der Waals surface area contributed by atoms with Crippen LogP contribution in [-0.2, 0) is 4.79 Å². The fraction of sp³-hybridized carbons (Fsp3) is 0.0909. The summed E-state index contributed by atoms with van der Waals surface area (Å²) in [6, 6.07) is 5.25. The summed E-state index contributed by atoms with van der Waals surface area (Å²) in [4.78, 5) is 22.6. The first-order valence-electron chi connectivity index (χ1n) is 5.40. The minimum Gasteiger partial charge on any atom is -0.481 e. The van der Waals surface area contributed by atoms with Crippen molar-refractivity contribution in [3.63, 3.8) is 0 Å². The van der Waals surface area contributed by atoms with Crippen molar-refractivity contribution in [2.75, 3.05) is 11.1 Å². The highest BCUT2D eigenvalue weighted by Gasteiger charge is 2.14. The molecular weight excluding hydrogens is 446 g/mol. The Bertz CT molecular complexity index is 693. The van der Waals surface area contributed by atoms with E-state index in [0.717, 1.165) is 27.6 Å². The monoisotopic (exact) mass is 451 g/mol. The van der Waals surface area contributed by atoms with Crippen LogP contribution in [0.15, 0.2) is 31.5 Å². The van der Waals surface area contributed by atoms with Crippen molar-refractivity contribution in [1.29, 1.82) is 0 Å². The molecule has 0 saturated carbocycles. The van der Waals surface area contributed by atoms with E-state index in [1.54, 1.807) is 12.1 Å². The Hall–Kier alpha value is -0.970. The van der Waals surface area contributed by atoms with Crippen molar-refractivity contribution in [2.24, 2.45) is 0 Å². The van der Waals surface area contributed by atoms with Crippen LogP contribution in [0.4, 0.5) is 5.13 Å². The third kappa shape index (κ3) is 4.77. The molecule has 1 aromatic heterocycles. The first-order chi connectivity index (χ1) is 9.95. The Kier molecular flexibility index (Phi) is 5.73. The molecule has 0 fully saturated rings. The van der Waals surface area contributed by atoms with Crippen LogP contribution in [0, 0.1) is 0 Å². The largest absolute Gasteiger partial charge is 0.481 e. The van der Waals surface area contributed by atoms with Crippen LogP contribution in [0.3, 0.4) is 0 Å². The van der Waals surface area contributed by atoms with Crippen molar-refractivity contribution in [3.05, 3.63) is 32.7 Å². The molecule has 0 aliphatic heterocycles. The second kappa shape index (κ2) is 7.34. The SMILES string of the molecule is O=C(O)CSc1nnc(NC(=O)c2cc(Br)ccc2Br)s1. The lowest BCUT2D eigenvalue weighted by molar-refractivity contribution is -0.133. The van der Waals surface area contributed by atoms with Crippen molar-refractivity contribution in [3.8, 4) is 0 Å². The quantitative estimate of drug-likeness (QED) is 0.532. The number of benzene rings is 1. The Morgan fingerprint density at radius 1 is 1.33 bits per heavy atom. The first kappa shape index (κ1) is 16.4. The van der Waals surface area contributed by atoms with Crippen molar-refractivity contribution in [1.82, 2.24) is 10.2 Å². The summed E-state index contributed by atoms with van der Waals surface area (Å²) >= 11 is 8.79. The van der Waals surface area contributed by atoms with E-state index in [4.69, 9.17) is 5.11 Å². The zero-order valence-corrected chi connectivity index (χ0v) is 15.0. The summed E-state index contributed by atoms with van der Waals surface area (Å²) in [5.74, 6) is -1.35. The summed E-state index contributed by atoms with van der Waals surface area (Å²) in [7, 11) is 0. The molecule has 2 N–H and O–H groups in total. The van der Waals surface area contributed by atoms with Gasteiger partial charge in [-0.2, -0.15) is 0 Å². The normalized spacial score (nSPS) is 10.4. The number of amides is 1. The van der Waals surface area contributed by atoms with E-state index in [9.17, 15) is 9.59 Å². The van der Waals surface area contributed by atoms with Crippen molar-refractivity contribution >= 4 is 72.0 Å². The number of hydrogen-bond acceptors (Lipinski definition) is 6. The van der Waals surface area contributed by atoms with Crippen LogP contribution in [0.1, 0.15) is 10.4 Å². The standard InChI is InChI=1S/C11H7Br2N3O3S2/c12-5-1-2-7(13)6(3-5)9(19)14-10-15-16-11(21-10)20-4-8(17)18/h1-3H,4H2,(H,17,18)(H,14,15,19). The van der Waals surface area contributed by atoms with E-state index in [2.05, 4.69) is 47.4 Å². The van der Waals surface area contributed by atoms with Gasteiger partial charge in [-0.1, -0.05) is 39.0 Å². The maximum absolute atomic E-state index is 12.1. The highest BCUT2D eigenvalue weighted by molar-refractivity contribution is 9.11. The number of thioether (sulfide) groups is 1. The topological polar surface area (TPSA) is 92.2 Å². The van der Waals surface area contributed by atoms with Gasteiger partial charge < -0.3 is 5.11 Å². The second-order valence-corrected chi connectivity index (χ2v) is 7.60. The zero-order valence-electron chi connectivity index (χ0n) is 10.2.